The number of ether oxygens (including phenoxy) is 6. The molecule has 0 saturated heterocycles. The average Bonchev–Trinajstić information content (AvgIpc) is 2.80. The van der Waals surface area contributed by atoms with Gasteiger partial charge in [0.1, 0.15) is 17.2 Å². The monoisotopic (exact) mass is 570 g/mol. The third-order valence-corrected chi connectivity index (χ3v) is 7.22. The second-order valence-corrected chi connectivity index (χ2v) is 11.6. The fourth-order valence-electron chi connectivity index (χ4n) is 4.23. The summed E-state index contributed by atoms with van der Waals surface area (Å²) >= 11 is 0. The molecule has 0 radical (unpaired) electrons. The molecule has 0 bridgehead atoms. The van der Waals surface area contributed by atoms with Gasteiger partial charge in [0, 0.05) is 37.5 Å². The summed E-state index contributed by atoms with van der Waals surface area (Å²) in [5.41, 5.74) is 3.83. The van der Waals surface area contributed by atoms with Crippen LogP contribution in [0.4, 0.5) is 0 Å². The van der Waals surface area contributed by atoms with Gasteiger partial charge in [-0.3, -0.25) is 4.79 Å². The fourth-order valence-corrected chi connectivity index (χ4v) is 5.48. The second kappa shape index (κ2) is 16.8. The van der Waals surface area contributed by atoms with Crippen LogP contribution in [-0.2, 0) is 19.6 Å². The van der Waals surface area contributed by atoms with Gasteiger partial charge in [0.2, 0.25) is 0 Å². The Bertz CT molecular complexity index is 1040. The number of carbonyl (C=O) groups is 1. The molecule has 40 heavy (non-hydrogen) atoms. The zero-order valence-electron chi connectivity index (χ0n) is 25.5. The number of aryl methyl sites for hydroxylation is 2. The zero-order valence-corrected chi connectivity index (χ0v) is 26.5. The third kappa shape index (κ3) is 10.7. The van der Waals surface area contributed by atoms with Gasteiger partial charge >= 0.3 is 18.9 Å². The van der Waals surface area contributed by atoms with Gasteiger partial charge < -0.3 is 28.4 Å². The first-order valence-corrected chi connectivity index (χ1v) is 14.8. The maximum atomic E-state index is 13.9. The summed E-state index contributed by atoms with van der Waals surface area (Å²) in [6.07, 6.45) is -1.56. The van der Waals surface area contributed by atoms with Gasteiger partial charge in [-0.25, -0.2) is 0 Å². The first-order valence-electron chi connectivity index (χ1n) is 13.8. The van der Waals surface area contributed by atoms with Gasteiger partial charge in [0.15, 0.2) is 24.4 Å². The number of carbonyl (C=O) groups excluding carboxylic acids is 1. The van der Waals surface area contributed by atoms with Crippen molar-refractivity contribution in [3.8, 4) is 17.2 Å². The number of rotatable bonds is 15. The molecule has 9 heteroatoms. The molecule has 0 heterocycles. The average molecular weight is 571 g/mol. The Kier molecular flexibility index (Phi) is 15.3. The Morgan fingerprint density at radius 3 is 1.52 bits per heavy atom. The Labute approximate surface area is 254 Å². The zero-order chi connectivity index (χ0) is 29.3. The molecule has 0 spiro atoms. The van der Waals surface area contributed by atoms with E-state index in [1.54, 1.807) is 12.1 Å². The van der Waals surface area contributed by atoms with E-state index in [1.807, 2.05) is 55.4 Å². The summed E-state index contributed by atoms with van der Waals surface area (Å²) in [4.78, 5) is 13.9. The van der Waals surface area contributed by atoms with E-state index >= 15 is 0 Å². The molecule has 0 aromatic heterocycles. The van der Waals surface area contributed by atoms with E-state index in [9.17, 15) is 4.79 Å². The van der Waals surface area contributed by atoms with Gasteiger partial charge in [0.25, 0.3) is 0 Å². The topological polar surface area (TPSA) is 72.5 Å². The number of hydrogen-bond acceptors (Lipinski definition) is 7. The second-order valence-electron chi connectivity index (χ2n) is 10.4. The van der Waals surface area contributed by atoms with Crippen LogP contribution in [-0.4, -0.2) is 63.1 Å². The molecule has 7 nitrogen and oxygen atoms in total. The van der Waals surface area contributed by atoms with Gasteiger partial charge in [-0.2, -0.15) is 0 Å². The molecular weight excluding hydrogens is 522 g/mol. The summed E-state index contributed by atoms with van der Waals surface area (Å²) in [6.45, 7) is 23.2. The molecule has 2 aromatic carbocycles. The molecule has 4 unspecified atom stereocenters. The predicted octanol–water partition coefficient (Wildman–Crippen LogP) is 6.38. The minimum absolute atomic E-state index is 0. The summed E-state index contributed by atoms with van der Waals surface area (Å²) < 4.78 is 35.3. The SMILES string of the molecule is CCOC(C)Oc1cc(OC(C)OCC)c(PC(=O)c2c(C)cc(C(C)(C)C)cc2C)c(OC(C)OCC)c1.[LiH]. The van der Waals surface area contributed by atoms with Crippen LogP contribution in [0.2, 0.25) is 0 Å². The number of hydrogen-bond donors (Lipinski definition) is 0. The molecule has 0 amide bonds. The van der Waals surface area contributed by atoms with Crippen LogP contribution in [0.1, 0.15) is 89.4 Å². The van der Waals surface area contributed by atoms with Crippen molar-refractivity contribution in [1.29, 1.82) is 0 Å². The van der Waals surface area contributed by atoms with Gasteiger partial charge in [-0.15, -0.1) is 0 Å². The van der Waals surface area contributed by atoms with Crippen LogP contribution < -0.4 is 19.5 Å². The van der Waals surface area contributed by atoms with E-state index in [0.29, 0.717) is 42.4 Å². The summed E-state index contributed by atoms with van der Waals surface area (Å²) in [5.74, 6) is 1.42. The molecular formula is C31H48LiO7P. The van der Waals surface area contributed by atoms with Crippen molar-refractivity contribution in [3.05, 3.63) is 46.5 Å². The third-order valence-electron chi connectivity index (χ3n) is 6.00. The Morgan fingerprint density at radius 2 is 1.15 bits per heavy atom. The van der Waals surface area contributed by atoms with Crippen LogP contribution in [0.5, 0.6) is 17.2 Å². The van der Waals surface area contributed by atoms with Gasteiger partial charge in [0.05, 0.1) is 5.30 Å². The first-order chi connectivity index (χ1) is 18.3. The van der Waals surface area contributed by atoms with E-state index in [0.717, 1.165) is 16.7 Å². The van der Waals surface area contributed by atoms with E-state index in [1.165, 1.54) is 5.56 Å². The summed E-state index contributed by atoms with van der Waals surface area (Å²) in [6, 6.07) is 7.75. The molecule has 0 N–H and O–H groups in total. The van der Waals surface area contributed by atoms with Gasteiger partial charge in [-0.05, 0) is 86.1 Å². The van der Waals surface area contributed by atoms with E-state index in [-0.39, 0.29) is 38.4 Å². The molecule has 0 aliphatic carbocycles. The molecule has 220 valence electrons. The van der Waals surface area contributed by atoms with E-state index in [2.05, 4.69) is 32.9 Å². The van der Waals surface area contributed by atoms with Crippen molar-refractivity contribution in [2.24, 2.45) is 0 Å². The van der Waals surface area contributed by atoms with Crippen LogP contribution in [0, 0.1) is 13.8 Å². The standard InChI is InChI=1S/C31H47O7P.Li.H/c1-12-33-21(6)36-25-17-26(37-22(7)34-13-2)29(27(18-25)38-23(8)35-14-3)39-30(32)28-19(4)15-24(16-20(28)5)31(9,10)11;;/h15-18,21-23,39H,12-14H2,1-11H3;;. The van der Waals surface area contributed by atoms with Crippen molar-refractivity contribution in [2.75, 3.05) is 19.8 Å². The fraction of sp³-hybridized carbons (Fsp3) is 0.581. The quantitative estimate of drug-likeness (QED) is 0.140. The Morgan fingerprint density at radius 1 is 0.750 bits per heavy atom. The molecule has 4 atom stereocenters. The van der Waals surface area contributed by atoms with Crippen LogP contribution in [0.3, 0.4) is 0 Å². The van der Waals surface area contributed by atoms with Crippen molar-refractivity contribution in [2.45, 2.75) is 100 Å². The molecule has 2 rings (SSSR count). The van der Waals surface area contributed by atoms with E-state index in [4.69, 9.17) is 28.4 Å². The van der Waals surface area contributed by atoms with Gasteiger partial charge in [-0.1, -0.05) is 32.9 Å². The molecule has 0 fully saturated rings. The molecule has 0 aliphatic rings. The molecule has 2 aromatic rings. The summed E-state index contributed by atoms with van der Waals surface area (Å²) in [7, 11) is -0.261. The van der Waals surface area contributed by atoms with Crippen molar-refractivity contribution >= 4 is 38.3 Å². The number of benzene rings is 2. The van der Waals surface area contributed by atoms with Crippen LogP contribution in [0.25, 0.3) is 0 Å². The summed E-state index contributed by atoms with van der Waals surface area (Å²) in [5, 5.41) is 0.633. The molecule has 0 aliphatic heterocycles. The Balaban J connectivity index is 0.00000800. The van der Waals surface area contributed by atoms with Crippen molar-refractivity contribution in [3.63, 3.8) is 0 Å². The van der Waals surface area contributed by atoms with E-state index < -0.39 is 18.9 Å². The van der Waals surface area contributed by atoms with Crippen LogP contribution >= 0.6 is 8.58 Å². The Hall–Kier alpha value is -1.58. The maximum absolute atomic E-state index is 13.9. The minimum atomic E-state index is -0.542. The van der Waals surface area contributed by atoms with Crippen molar-refractivity contribution in [1.82, 2.24) is 0 Å². The predicted molar refractivity (Wildman–Crippen MR) is 166 cm³/mol. The van der Waals surface area contributed by atoms with Crippen molar-refractivity contribution < 1.29 is 33.2 Å². The normalized spacial score (nSPS) is 14.0. The first kappa shape index (κ1) is 36.4. The van der Waals surface area contributed by atoms with Crippen LogP contribution in [0.15, 0.2) is 24.3 Å². The molecule has 0 saturated carbocycles.